The average Bonchev–Trinajstić information content (AvgIpc) is 2.28. The van der Waals surface area contributed by atoms with E-state index in [1.807, 2.05) is 13.0 Å². The average molecular weight is 230 g/mol. The Morgan fingerprint density at radius 1 is 1.55 bits per heavy atom. The molecule has 1 unspecified atom stereocenters. The van der Waals surface area contributed by atoms with E-state index in [9.17, 15) is 0 Å². The van der Waals surface area contributed by atoms with E-state index in [0.29, 0.717) is 8.67 Å². The minimum absolute atomic E-state index is 0.00810. The van der Waals surface area contributed by atoms with Gasteiger partial charge in [0.15, 0.2) is 0 Å². The maximum Gasteiger partial charge on any atom is 0.0991 e. The fraction of sp³-hybridized carbons (Fsp3) is 0.429. The van der Waals surface area contributed by atoms with Gasteiger partial charge in [0.1, 0.15) is 0 Å². The molecule has 0 bridgehead atoms. The summed E-state index contributed by atoms with van der Waals surface area (Å²) in [6, 6.07) is 1.83. The van der Waals surface area contributed by atoms with Crippen LogP contribution in [0.4, 0.5) is 0 Å². The highest BCUT2D eigenvalue weighted by molar-refractivity contribution is 7.20. The van der Waals surface area contributed by atoms with Gasteiger partial charge in [-0.05, 0) is 12.5 Å². The van der Waals surface area contributed by atoms with E-state index < -0.39 is 0 Å². The van der Waals surface area contributed by atoms with Gasteiger partial charge in [0.2, 0.25) is 0 Å². The molecule has 1 aromatic heterocycles. The molecule has 4 heteroatoms. The van der Waals surface area contributed by atoms with Crippen molar-refractivity contribution in [3.05, 3.63) is 20.3 Å². The topological polar surface area (TPSA) is 0 Å². The van der Waals surface area contributed by atoms with Gasteiger partial charge in [-0.3, -0.25) is 0 Å². The first-order valence-corrected chi connectivity index (χ1v) is 5.24. The van der Waals surface area contributed by atoms with Crippen LogP contribution in [0.5, 0.6) is 0 Å². The second-order valence-corrected chi connectivity index (χ2v) is 4.97. The number of halogens is 3. The molecule has 0 saturated heterocycles. The van der Waals surface area contributed by atoms with Gasteiger partial charge < -0.3 is 0 Å². The van der Waals surface area contributed by atoms with Crippen LogP contribution in [0.1, 0.15) is 24.3 Å². The molecular formula is C7H7Cl3S. The first-order valence-electron chi connectivity index (χ1n) is 3.24. The molecule has 0 nitrogen and oxygen atoms in total. The summed E-state index contributed by atoms with van der Waals surface area (Å²) in [5.74, 6) is 0. The maximum absolute atomic E-state index is 5.97. The lowest BCUT2D eigenvalue weighted by atomic mass is 10.2. The Labute approximate surface area is 85.1 Å². The van der Waals surface area contributed by atoms with Gasteiger partial charge in [-0.15, -0.1) is 22.9 Å². The van der Waals surface area contributed by atoms with Crippen molar-refractivity contribution in [2.75, 3.05) is 0 Å². The zero-order valence-electron chi connectivity index (χ0n) is 5.90. The van der Waals surface area contributed by atoms with Crippen LogP contribution < -0.4 is 0 Å². The van der Waals surface area contributed by atoms with Crippen molar-refractivity contribution in [1.82, 2.24) is 0 Å². The molecule has 0 fully saturated rings. The normalized spacial score (nSPS) is 13.5. The van der Waals surface area contributed by atoms with Crippen LogP contribution >= 0.6 is 46.1 Å². The predicted molar refractivity (Wildman–Crippen MR) is 53.2 cm³/mol. The maximum atomic E-state index is 5.97. The van der Waals surface area contributed by atoms with Crippen LogP contribution in [0, 0.1) is 0 Å². The third-order valence-corrected chi connectivity index (χ3v) is 3.44. The van der Waals surface area contributed by atoms with Crippen LogP contribution in [-0.2, 0) is 0 Å². The Kier molecular flexibility index (Phi) is 3.51. The van der Waals surface area contributed by atoms with E-state index in [1.54, 1.807) is 0 Å². The number of alkyl halides is 1. The van der Waals surface area contributed by atoms with Gasteiger partial charge in [0.05, 0.1) is 14.0 Å². The van der Waals surface area contributed by atoms with E-state index in [-0.39, 0.29) is 5.38 Å². The summed E-state index contributed by atoms with van der Waals surface area (Å²) in [6.07, 6.45) is 0.869. The summed E-state index contributed by atoms with van der Waals surface area (Å²) in [5, 5.41) is -0.00810. The van der Waals surface area contributed by atoms with Gasteiger partial charge in [-0.2, -0.15) is 0 Å². The van der Waals surface area contributed by atoms with Crippen molar-refractivity contribution in [1.29, 1.82) is 0 Å². The fourth-order valence-corrected chi connectivity index (χ4v) is 2.66. The van der Waals surface area contributed by atoms with Gasteiger partial charge in [-0.1, -0.05) is 30.1 Å². The lowest BCUT2D eigenvalue weighted by Crippen LogP contribution is -1.83. The van der Waals surface area contributed by atoms with Crippen LogP contribution in [0.25, 0.3) is 0 Å². The highest BCUT2D eigenvalue weighted by Crippen LogP contribution is 2.38. The second kappa shape index (κ2) is 3.99. The van der Waals surface area contributed by atoms with Gasteiger partial charge in [-0.25, -0.2) is 0 Å². The smallest absolute Gasteiger partial charge is 0.0991 e. The molecule has 0 aliphatic rings. The lowest BCUT2D eigenvalue weighted by Gasteiger charge is -2.02. The Balaban J connectivity index is 2.93. The second-order valence-electron chi connectivity index (χ2n) is 2.16. The van der Waals surface area contributed by atoms with Gasteiger partial charge in [0, 0.05) is 5.56 Å². The van der Waals surface area contributed by atoms with Crippen molar-refractivity contribution < 1.29 is 0 Å². The molecule has 1 heterocycles. The number of hydrogen-bond acceptors (Lipinski definition) is 1. The zero-order valence-corrected chi connectivity index (χ0v) is 8.99. The quantitative estimate of drug-likeness (QED) is 0.642. The first kappa shape index (κ1) is 9.66. The zero-order chi connectivity index (χ0) is 8.43. The molecule has 11 heavy (non-hydrogen) atoms. The van der Waals surface area contributed by atoms with E-state index >= 15 is 0 Å². The summed E-state index contributed by atoms with van der Waals surface area (Å²) in [7, 11) is 0. The lowest BCUT2D eigenvalue weighted by molar-refractivity contribution is 0.888. The van der Waals surface area contributed by atoms with Crippen molar-refractivity contribution >= 4 is 46.1 Å². The Morgan fingerprint density at radius 2 is 2.18 bits per heavy atom. The first-order chi connectivity index (χ1) is 5.15. The molecule has 0 N–H and O–H groups in total. The van der Waals surface area contributed by atoms with Crippen LogP contribution in [0.15, 0.2) is 6.07 Å². The summed E-state index contributed by atoms with van der Waals surface area (Å²) in [6.45, 7) is 2.01. The van der Waals surface area contributed by atoms with E-state index in [2.05, 4.69) is 0 Å². The third-order valence-electron chi connectivity index (χ3n) is 1.38. The molecule has 0 aliphatic heterocycles. The molecular weight excluding hydrogens is 223 g/mol. The summed E-state index contributed by atoms with van der Waals surface area (Å²) < 4.78 is 1.40. The molecule has 0 amide bonds. The minimum atomic E-state index is -0.00810. The third kappa shape index (κ3) is 2.25. The molecule has 1 aromatic rings. The Hall–Kier alpha value is 0.570. The molecule has 0 aromatic carbocycles. The van der Waals surface area contributed by atoms with Crippen LogP contribution in [-0.4, -0.2) is 0 Å². The number of rotatable bonds is 2. The molecule has 0 spiro atoms. The highest BCUT2D eigenvalue weighted by Gasteiger charge is 2.12. The monoisotopic (exact) mass is 228 g/mol. The fourth-order valence-electron chi connectivity index (χ4n) is 0.786. The standard InChI is InChI=1S/C7H7Cl3S/c1-2-5(8)4-3-6(9)11-7(4)10/h3,5H,2H2,1H3. The summed E-state index contributed by atoms with van der Waals surface area (Å²) >= 11 is 18.9. The SMILES string of the molecule is CCC(Cl)c1cc(Cl)sc1Cl. The largest absolute Gasteiger partial charge is 0.118 e. The van der Waals surface area contributed by atoms with Crippen molar-refractivity contribution in [3.63, 3.8) is 0 Å². The van der Waals surface area contributed by atoms with E-state index in [0.717, 1.165) is 12.0 Å². The molecule has 62 valence electrons. The molecule has 1 atom stereocenters. The highest BCUT2D eigenvalue weighted by atomic mass is 35.5. The molecule has 0 radical (unpaired) electrons. The summed E-state index contributed by atoms with van der Waals surface area (Å²) in [5.41, 5.74) is 0.950. The predicted octanol–water partition coefficient (Wildman–Crippen LogP) is 4.74. The van der Waals surface area contributed by atoms with Crippen molar-refractivity contribution in [2.45, 2.75) is 18.7 Å². The van der Waals surface area contributed by atoms with Crippen molar-refractivity contribution in [2.24, 2.45) is 0 Å². The van der Waals surface area contributed by atoms with Crippen molar-refractivity contribution in [3.8, 4) is 0 Å². The molecule has 0 aliphatic carbocycles. The summed E-state index contributed by atoms with van der Waals surface area (Å²) in [4.78, 5) is 0. The Morgan fingerprint density at radius 3 is 2.55 bits per heavy atom. The Bertz CT molecular complexity index is 244. The number of thiophene rings is 1. The van der Waals surface area contributed by atoms with Crippen LogP contribution in [0.3, 0.4) is 0 Å². The van der Waals surface area contributed by atoms with Gasteiger partial charge >= 0.3 is 0 Å². The molecule has 1 rings (SSSR count). The number of hydrogen-bond donors (Lipinski definition) is 0. The van der Waals surface area contributed by atoms with E-state index in [1.165, 1.54) is 11.3 Å². The van der Waals surface area contributed by atoms with E-state index in [4.69, 9.17) is 34.8 Å². The van der Waals surface area contributed by atoms with Crippen LogP contribution in [0.2, 0.25) is 8.67 Å². The van der Waals surface area contributed by atoms with Gasteiger partial charge in [0.25, 0.3) is 0 Å². The minimum Gasteiger partial charge on any atom is -0.118 e. The molecule has 0 saturated carbocycles.